The maximum absolute atomic E-state index is 12.2. The van der Waals surface area contributed by atoms with Crippen LogP contribution in [0.4, 0.5) is 0 Å². The van der Waals surface area contributed by atoms with Gasteiger partial charge in [-0.15, -0.1) is 0 Å². The number of hydrogen-bond acceptors (Lipinski definition) is 3. The van der Waals surface area contributed by atoms with Crippen molar-refractivity contribution >= 4 is 11.6 Å². The summed E-state index contributed by atoms with van der Waals surface area (Å²) >= 11 is 0. The molecule has 0 aliphatic carbocycles. The van der Waals surface area contributed by atoms with Crippen LogP contribution < -0.4 is 10.2 Å². The molecule has 1 N–H and O–H groups in total. The summed E-state index contributed by atoms with van der Waals surface area (Å²) in [5, 5.41) is 4.20. The normalized spacial score (nSPS) is 11.2. The number of nitrogens with zero attached hydrogens (tertiary/aromatic N) is 1. The van der Waals surface area contributed by atoms with Crippen molar-refractivity contribution in [2.45, 2.75) is 34.1 Å². The lowest BCUT2D eigenvalue weighted by molar-refractivity contribution is 0.0955. The van der Waals surface area contributed by atoms with Gasteiger partial charge in [0, 0.05) is 5.56 Å². The van der Waals surface area contributed by atoms with Crippen molar-refractivity contribution < 1.29 is 9.53 Å². The number of rotatable bonds is 6. The van der Waals surface area contributed by atoms with Gasteiger partial charge in [-0.3, -0.25) is 4.79 Å². The summed E-state index contributed by atoms with van der Waals surface area (Å²) in [6.07, 6.45) is 0.953. The number of nitrogens with one attached hydrogen (secondary N) is 1. The minimum Gasteiger partial charge on any atom is -0.494 e. The first-order valence-corrected chi connectivity index (χ1v) is 8.16. The van der Waals surface area contributed by atoms with Gasteiger partial charge in [-0.2, -0.15) is 5.10 Å². The molecule has 0 atom stereocenters. The number of benzene rings is 2. The highest BCUT2D eigenvalue weighted by Crippen LogP contribution is 2.13. The van der Waals surface area contributed by atoms with Crippen LogP contribution in [0.15, 0.2) is 47.6 Å². The topological polar surface area (TPSA) is 50.7 Å². The summed E-state index contributed by atoms with van der Waals surface area (Å²) in [4.78, 5) is 12.2. The smallest absolute Gasteiger partial charge is 0.271 e. The molecule has 0 heterocycles. The van der Waals surface area contributed by atoms with E-state index < -0.39 is 0 Å². The van der Waals surface area contributed by atoms with E-state index in [1.807, 2.05) is 13.0 Å². The molecule has 0 fully saturated rings. The molecule has 0 saturated heterocycles. The highest BCUT2D eigenvalue weighted by atomic mass is 16.5. The van der Waals surface area contributed by atoms with Crippen molar-refractivity contribution in [1.82, 2.24) is 5.43 Å². The van der Waals surface area contributed by atoms with Gasteiger partial charge >= 0.3 is 0 Å². The van der Waals surface area contributed by atoms with Crippen LogP contribution in [0.25, 0.3) is 0 Å². The zero-order valence-corrected chi connectivity index (χ0v) is 14.7. The average molecular weight is 324 g/mol. The molecule has 0 aliphatic rings. The van der Waals surface area contributed by atoms with Crippen molar-refractivity contribution in [3.05, 3.63) is 64.7 Å². The van der Waals surface area contributed by atoms with E-state index in [1.54, 1.807) is 24.3 Å². The Labute approximate surface area is 143 Å². The van der Waals surface area contributed by atoms with E-state index in [4.69, 9.17) is 4.74 Å². The van der Waals surface area contributed by atoms with Gasteiger partial charge in [0.15, 0.2) is 0 Å². The molecule has 1 amide bonds. The number of hydrogen-bond donors (Lipinski definition) is 1. The van der Waals surface area contributed by atoms with Crippen molar-refractivity contribution in [3.8, 4) is 5.75 Å². The molecule has 0 bridgehead atoms. The molecule has 0 aliphatic heterocycles. The van der Waals surface area contributed by atoms with Crippen molar-refractivity contribution in [2.75, 3.05) is 6.61 Å². The molecule has 126 valence electrons. The first kappa shape index (κ1) is 17.7. The third kappa shape index (κ3) is 4.69. The molecule has 0 radical (unpaired) electrons. The van der Waals surface area contributed by atoms with Crippen LogP contribution in [0.1, 0.15) is 47.3 Å². The average Bonchev–Trinajstić information content (AvgIpc) is 2.60. The molecular weight excluding hydrogens is 300 g/mol. The summed E-state index contributed by atoms with van der Waals surface area (Å²) in [7, 11) is 0. The Bertz CT molecular complexity index is 734. The van der Waals surface area contributed by atoms with Crippen LogP contribution in [0.5, 0.6) is 5.75 Å². The third-order valence-corrected chi connectivity index (χ3v) is 3.84. The van der Waals surface area contributed by atoms with Gasteiger partial charge in [-0.05, 0) is 74.2 Å². The molecule has 0 unspecified atom stereocenters. The monoisotopic (exact) mass is 324 g/mol. The van der Waals surface area contributed by atoms with Gasteiger partial charge in [-0.1, -0.05) is 19.1 Å². The fourth-order valence-electron chi connectivity index (χ4n) is 2.15. The second kappa shape index (κ2) is 8.29. The predicted molar refractivity (Wildman–Crippen MR) is 97.8 cm³/mol. The number of hydrazone groups is 1. The highest BCUT2D eigenvalue weighted by Gasteiger charge is 2.06. The minimum atomic E-state index is -0.236. The number of carbonyl (C=O) groups excluding carboxylic acids is 1. The maximum Gasteiger partial charge on any atom is 0.271 e. The Morgan fingerprint density at radius 3 is 2.33 bits per heavy atom. The zero-order chi connectivity index (χ0) is 17.5. The molecule has 24 heavy (non-hydrogen) atoms. The Morgan fingerprint density at radius 2 is 1.71 bits per heavy atom. The molecular formula is C20H24N2O2. The van der Waals surface area contributed by atoms with E-state index in [1.165, 1.54) is 11.1 Å². The van der Waals surface area contributed by atoms with E-state index in [0.29, 0.717) is 12.2 Å². The van der Waals surface area contributed by atoms with Crippen LogP contribution in [0, 0.1) is 13.8 Å². The number of amides is 1. The molecule has 2 aromatic carbocycles. The third-order valence-electron chi connectivity index (χ3n) is 3.84. The number of aryl methyl sites for hydroxylation is 2. The Kier molecular flexibility index (Phi) is 6.13. The van der Waals surface area contributed by atoms with Crippen molar-refractivity contribution in [2.24, 2.45) is 5.10 Å². The van der Waals surface area contributed by atoms with Gasteiger partial charge in [0.1, 0.15) is 5.75 Å². The van der Waals surface area contributed by atoms with Crippen molar-refractivity contribution in [3.63, 3.8) is 0 Å². The van der Waals surface area contributed by atoms with E-state index in [9.17, 15) is 4.79 Å². The fourth-order valence-corrected chi connectivity index (χ4v) is 2.15. The number of ether oxygens (including phenoxy) is 1. The Hall–Kier alpha value is -2.62. The standard InChI is InChI=1S/C20H24N2O2/c1-5-12-24-19-10-8-17(9-11-19)20(23)22-21-16(4)18-7-6-14(2)15(3)13-18/h6-11,13H,5,12H2,1-4H3,(H,22,23)/b21-16+. The van der Waals surface area contributed by atoms with E-state index in [-0.39, 0.29) is 5.91 Å². The molecule has 0 spiro atoms. The minimum absolute atomic E-state index is 0.236. The number of carbonyl (C=O) groups is 1. The lowest BCUT2D eigenvalue weighted by atomic mass is 10.0. The largest absolute Gasteiger partial charge is 0.494 e. The summed E-state index contributed by atoms with van der Waals surface area (Å²) in [6.45, 7) is 8.74. The molecule has 2 aromatic rings. The second-order valence-corrected chi connectivity index (χ2v) is 5.81. The van der Waals surface area contributed by atoms with Crippen LogP contribution in [0.3, 0.4) is 0 Å². The summed E-state index contributed by atoms with van der Waals surface area (Å²) in [5.74, 6) is 0.531. The van der Waals surface area contributed by atoms with Gasteiger partial charge in [0.2, 0.25) is 0 Å². The van der Waals surface area contributed by atoms with E-state index in [0.717, 1.165) is 23.4 Å². The molecule has 4 nitrogen and oxygen atoms in total. The first-order chi connectivity index (χ1) is 11.5. The Balaban J connectivity index is 2.01. The van der Waals surface area contributed by atoms with Gasteiger partial charge in [0.05, 0.1) is 12.3 Å². The quantitative estimate of drug-likeness (QED) is 0.638. The molecule has 2 rings (SSSR count). The van der Waals surface area contributed by atoms with E-state index >= 15 is 0 Å². The van der Waals surface area contributed by atoms with Crippen LogP contribution >= 0.6 is 0 Å². The van der Waals surface area contributed by atoms with Crippen LogP contribution in [-0.4, -0.2) is 18.2 Å². The maximum atomic E-state index is 12.2. The summed E-state index contributed by atoms with van der Waals surface area (Å²) in [6, 6.07) is 13.2. The Morgan fingerprint density at radius 1 is 1.04 bits per heavy atom. The molecule has 4 heteroatoms. The SMILES string of the molecule is CCCOc1ccc(C(=O)N/N=C(\C)c2ccc(C)c(C)c2)cc1. The molecule has 0 aromatic heterocycles. The van der Waals surface area contributed by atoms with Crippen LogP contribution in [-0.2, 0) is 0 Å². The molecule has 0 saturated carbocycles. The van der Waals surface area contributed by atoms with E-state index in [2.05, 4.69) is 43.4 Å². The lowest BCUT2D eigenvalue weighted by Gasteiger charge is -2.07. The first-order valence-electron chi connectivity index (χ1n) is 8.16. The van der Waals surface area contributed by atoms with Crippen LogP contribution in [0.2, 0.25) is 0 Å². The van der Waals surface area contributed by atoms with Gasteiger partial charge < -0.3 is 4.74 Å². The van der Waals surface area contributed by atoms with Gasteiger partial charge in [-0.25, -0.2) is 5.43 Å². The summed E-state index contributed by atoms with van der Waals surface area (Å²) < 4.78 is 5.51. The zero-order valence-electron chi connectivity index (χ0n) is 14.7. The second-order valence-electron chi connectivity index (χ2n) is 5.81. The summed E-state index contributed by atoms with van der Waals surface area (Å²) in [5.41, 5.74) is 7.37. The fraction of sp³-hybridized carbons (Fsp3) is 0.300. The van der Waals surface area contributed by atoms with Crippen molar-refractivity contribution in [1.29, 1.82) is 0 Å². The van der Waals surface area contributed by atoms with Gasteiger partial charge in [0.25, 0.3) is 5.91 Å². The highest BCUT2D eigenvalue weighted by molar-refractivity contribution is 6.01. The lowest BCUT2D eigenvalue weighted by Crippen LogP contribution is -2.19. The predicted octanol–water partition coefficient (Wildman–Crippen LogP) is 4.25.